The second-order valence-corrected chi connectivity index (χ2v) is 7.41. The number of piperidine rings is 1. The van der Waals surface area contributed by atoms with E-state index in [1.165, 1.54) is 12.8 Å². The third-order valence-electron chi connectivity index (χ3n) is 5.83. The maximum atomic E-state index is 12.8. The molecule has 6 heteroatoms. The third kappa shape index (κ3) is 3.02. The quantitative estimate of drug-likeness (QED) is 0.901. The molecule has 2 aliphatic heterocycles. The number of aromatic nitrogens is 1. The third-order valence-corrected chi connectivity index (χ3v) is 5.83. The van der Waals surface area contributed by atoms with Crippen molar-refractivity contribution >= 4 is 5.91 Å². The summed E-state index contributed by atoms with van der Waals surface area (Å²) in [6.45, 7) is 8.42. The molecule has 1 N–H and O–H groups in total. The molecule has 23 heavy (non-hydrogen) atoms. The van der Waals surface area contributed by atoms with Gasteiger partial charge in [0.2, 0.25) is 5.91 Å². The minimum absolute atomic E-state index is 0.299. The fraction of sp³-hybridized carbons (Fsp3) is 0.765. The molecule has 3 aliphatic rings. The van der Waals surface area contributed by atoms with Gasteiger partial charge >= 0.3 is 0 Å². The fourth-order valence-corrected chi connectivity index (χ4v) is 4.23. The first-order chi connectivity index (χ1) is 11.2. The number of hydrogen-bond donors (Lipinski definition) is 1. The normalized spacial score (nSPS) is 27.3. The number of aryl methyl sites for hydroxylation is 1. The van der Waals surface area contributed by atoms with E-state index in [2.05, 4.69) is 20.3 Å². The van der Waals surface area contributed by atoms with Gasteiger partial charge in [-0.1, -0.05) is 5.16 Å². The second-order valence-electron chi connectivity index (χ2n) is 7.41. The molecular weight excluding hydrogens is 292 g/mol. The van der Waals surface area contributed by atoms with Crippen LogP contribution in [0.3, 0.4) is 0 Å². The Kier molecular flexibility index (Phi) is 3.89. The van der Waals surface area contributed by atoms with Gasteiger partial charge in [-0.2, -0.15) is 0 Å². The molecule has 1 unspecified atom stereocenters. The van der Waals surface area contributed by atoms with Crippen molar-refractivity contribution in [3.8, 4) is 0 Å². The molecule has 0 aromatic carbocycles. The molecule has 3 heterocycles. The molecule has 3 fully saturated rings. The van der Waals surface area contributed by atoms with E-state index in [0.29, 0.717) is 17.2 Å². The highest BCUT2D eigenvalue weighted by Crippen LogP contribution is 2.59. The van der Waals surface area contributed by atoms with Crippen molar-refractivity contribution in [2.24, 2.45) is 11.3 Å². The standard InChI is InChI=1S/C17H26N4O2/c1-13-10-14(23-19-13)12-20-6-8-21(9-7-20)16(22)15-11-17(15)2-4-18-5-3-17/h10,15,18H,2-9,11-12H2,1H3. The maximum absolute atomic E-state index is 12.8. The summed E-state index contributed by atoms with van der Waals surface area (Å²) in [6, 6.07) is 1.99. The molecule has 1 aromatic heterocycles. The molecule has 1 atom stereocenters. The van der Waals surface area contributed by atoms with Crippen molar-refractivity contribution in [3.05, 3.63) is 17.5 Å². The molecule has 2 saturated heterocycles. The number of nitrogens with one attached hydrogen (secondary N) is 1. The summed E-state index contributed by atoms with van der Waals surface area (Å²) in [7, 11) is 0. The van der Waals surface area contributed by atoms with Crippen molar-refractivity contribution < 1.29 is 9.32 Å². The highest BCUT2D eigenvalue weighted by molar-refractivity contribution is 5.82. The largest absolute Gasteiger partial charge is 0.360 e. The van der Waals surface area contributed by atoms with Gasteiger partial charge in [-0.15, -0.1) is 0 Å². The Morgan fingerprint density at radius 2 is 2.09 bits per heavy atom. The SMILES string of the molecule is Cc1cc(CN2CCN(C(=O)C3CC34CCNCC4)CC2)on1. The lowest BCUT2D eigenvalue weighted by molar-refractivity contribution is -0.135. The van der Waals surface area contributed by atoms with Crippen molar-refractivity contribution in [1.29, 1.82) is 0 Å². The van der Waals surface area contributed by atoms with Gasteiger partial charge in [-0.05, 0) is 44.7 Å². The number of carbonyl (C=O) groups is 1. The van der Waals surface area contributed by atoms with Crippen LogP contribution in [0.25, 0.3) is 0 Å². The molecule has 4 rings (SSSR count). The monoisotopic (exact) mass is 318 g/mol. The number of amides is 1. The summed E-state index contributed by atoms with van der Waals surface area (Å²) < 4.78 is 5.29. The van der Waals surface area contributed by atoms with E-state index in [9.17, 15) is 4.79 Å². The Balaban J connectivity index is 1.27. The molecule has 0 bridgehead atoms. The van der Waals surface area contributed by atoms with E-state index in [4.69, 9.17) is 4.52 Å². The summed E-state index contributed by atoms with van der Waals surface area (Å²) in [5, 5.41) is 7.34. The minimum Gasteiger partial charge on any atom is -0.360 e. The van der Waals surface area contributed by atoms with Gasteiger partial charge in [-0.3, -0.25) is 9.69 Å². The Labute approximate surface area is 137 Å². The van der Waals surface area contributed by atoms with Crippen molar-refractivity contribution in [2.75, 3.05) is 39.3 Å². The summed E-state index contributed by atoms with van der Waals surface area (Å²) in [5.41, 5.74) is 1.27. The van der Waals surface area contributed by atoms with E-state index in [1.807, 2.05) is 13.0 Å². The van der Waals surface area contributed by atoms with Crippen LogP contribution in [0.15, 0.2) is 10.6 Å². The molecule has 0 radical (unpaired) electrons. The molecule has 1 spiro atoms. The van der Waals surface area contributed by atoms with Crippen LogP contribution in [0.2, 0.25) is 0 Å². The van der Waals surface area contributed by atoms with Gasteiger partial charge in [0.1, 0.15) is 0 Å². The minimum atomic E-state index is 0.299. The molecule has 1 saturated carbocycles. The molecule has 126 valence electrons. The highest BCUT2D eigenvalue weighted by Gasteiger charge is 2.58. The van der Waals surface area contributed by atoms with Crippen LogP contribution in [0, 0.1) is 18.3 Å². The summed E-state index contributed by atoms with van der Waals surface area (Å²) in [4.78, 5) is 17.2. The van der Waals surface area contributed by atoms with Gasteiger partial charge in [0, 0.05) is 38.2 Å². The van der Waals surface area contributed by atoms with Crippen LogP contribution < -0.4 is 5.32 Å². The van der Waals surface area contributed by atoms with Crippen molar-refractivity contribution in [1.82, 2.24) is 20.3 Å². The average Bonchev–Trinajstić information content (AvgIpc) is 3.09. The van der Waals surface area contributed by atoms with Crippen LogP contribution >= 0.6 is 0 Å². The number of nitrogens with zero attached hydrogens (tertiary/aromatic N) is 3. The Bertz CT molecular complexity index is 571. The average molecular weight is 318 g/mol. The Hall–Kier alpha value is -1.40. The molecule has 1 aliphatic carbocycles. The molecule has 6 nitrogen and oxygen atoms in total. The van der Waals surface area contributed by atoms with E-state index in [1.54, 1.807) is 0 Å². The van der Waals surface area contributed by atoms with Crippen molar-refractivity contribution in [3.63, 3.8) is 0 Å². The van der Waals surface area contributed by atoms with Crippen LogP contribution in [0.4, 0.5) is 0 Å². The zero-order chi connectivity index (χ0) is 15.9. The highest BCUT2D eigenvalue weighted by atomic mass is 16.5. The lowest BCUT2D eigenvalue weighted by Crippen LogP contribution is -2.49. The van der Waals surface area contributed by atoms with Gasteiger partial charge < -0.3 is 14.7 Å². The lowest BCUT2D eigenvalue weighted by atomic mass is 9.91. The van der Waals surface area contributed by atoms with Crippen LogP contribution in [0.5, 0.6) is 0 Å². The zero-order valence-corrected chi connectivity index (χ0v) is 13.9. The predicted molar refractivity (Wildman–Crippen MR) is 85.7 cm³/mol. The summed E-state index contributed by atoms with van der Waals surface area (Å²) >= 11 is 0. The number of hydrogen-bond acceptors (Lipinski definition) is 5. The first kappa shape index (κ1) is 15.1. The van der Waals surface area contributed by atoms with Crippen LogP contribution in [-0.4, -0.2) is 60.1 Å². The second kappa shape index (κ2) is 5.91. The summed E-state index contributed by atoms with van der Waals surface area (Å²) in [6.07, 6.45) is 3.47. The van der Waals surface area contributed by atoms with E-state index >= 15 is 0 Å². The summed E-state index contributed by atoms with van der Waals surface area (Å²) in [5.74, 6) is 1.62. The predicted octanol–water partition coefficient (Wildman–Crippen LogP) is 1.02. The Morgan fingerprint density at radius 1 is 1.35 bits per heavy atom. The van der Waals surface area contributed by atoms with Crippen molar-refractivity contribution in [2.45, 2.75) is 32.7 Å². The van der Waals surface area contributed by atoms with Crippen LogP contribution in [0.1, 0.15) is 30.7 Å². The molecule has 1 amide bonds. The Morgan fingerprint density at radius 3 is 2.74 bits per heavy atom. The number of carbonyl (C=O) groups excluding carboxylic acids is 1. The zero-order valence-electron chi connectivity index (χ0n) is 13.9. The van der Waals surface area contributed by atoms with Crippen LogP contribution in [-0.2, 0) is 11.3 Å². The van der Waals surface area contributed by atoms with E-state index < -0.39 is 0 Å². The van der Waals surface area contributed by atoms with E-state index in [-0.39, 0.29) is 0 Å². The van der Waals surface area contributed by atoms with E-state index in [0.717, 1.165) is 63.7 Å². The lowest BCUT2D eigenvalue weighted by Gasteiger charge is -2.35. The molecule has 1 aromatic rings. The topological polar surface area (TPSA) is 61.6 Å². The van der Waals surface area contributed by atoms with Gasteiger partial charge in [0.25, 0.3) is 0 Å². The first-order valence-electron chi connectivity index (χ1n) is 8.80. The van der Waals surface area contributed by atoms with Gasteiger partial charge in [-0.25, -0.2) is 0 Å². The number of rotatable bonds is 3. The molecular formula is C17H26N4O2. The van der Waals surface area contributed by atoms with Gasteiger partial charge in [0.05, 0.1) is 12.2 Å². The smallest absolute Gasteiger partial charge is 0.226 e. The first-order valence-corrected chi connectivity index (χ1v) is 8.80. The maximum Gasteiger partial charge on any atom is 0.226 e. The fourth-order valence-electron chi connectivity index (χ4n) is 4.23. The number of piperazine rings is 1. The van der Waals surface area contributed by atoms with Gasteiger partial charge in [0.15, 0.2) is 5.76 Å².